The second-order valence-corrected chi connectivity index (χ2v) is 5.62. The van der Waals surface area contributed by atoms with Gasteiger partial charge in [0.05, 0.1) is 0 Å². The number of hydrogen-bond donors (Lipinski definition) is 1. The van der Waals surface area contributed by atoms with E-state index in [-0.39, 0.29) is 0 Å². The Kier molecular flexibility index (Phi) is 4.08. The topological polar surface area (TPSA) is 40.5 Å². The SMILES string of the molecule is CCN(C1CCCCC1)C1(C(=O)O)CCCC1. The summed E-state index contributed by atoms with van der Waals surface area (Å²) >= 11 is 0. The second kappa shape index (κ2) is 5.38. The van der Waals surface area contributed by atoms with Gasteiger partial charge in [-0.05, 0) is 32.2 Å². The molecule has 17 heavy (non-hydrogen) atoms. The first-order valence-corrected chi connectivity index (χ1v) is 7.21. The maximum Gasteiger partial charge on any atom is 0.324 e. The third-order valence-electron chi connectivity index (χ3n) is 4.73. The normalized spacial score (nSPS) is 25.3. The Bertz CT molecular complexity index is 265. The van der Waals surface area contributed by atoms with Crippen molar-refractivity contribution in [3.05, 3.63) is 0 Å². The lowest BCUT2D eigenvalue weighted by Crippen LogP contribution is -2.57. The molecule has 0 bridgehead atoms. The Labute approximate surface area is 104 Å². The van der Waals surface area contributed by atoms with Gasteiger partial charge in [0.15, 0.2) is 0 Å². The van der Waals surface area contributed by atoms with E-state index >= 15 is 0 Å². The monoisotopic (exact) mass is 239 g/mol. The molecule has 0 spiro atoms. The van der Waals surface area contributed by atoms with Crippen LogP contribution in [0.4, 0.5) is 0 Å². The lowest BCUT2D eigenvalue weighted by Gasteiger charge is -2.44. The van der Waals surface area contributed by atoms with Crippen LogP contribution in [0, 0.1) is 0 Å². The van der Waals surface area contributed by atoms with Crippen molar-refractivity contribution < 1.29 is 9.90 Å². The predicted octanol–water partition coefficient (Wildman–Crippen LogP) is 3.04. The maximum absolute atomic E-state index is 11.7. The van der Waals surface area contributed by atoms with Crippen LogP contribution >= 0.6 is 0 Å². The minimum absolute atomic E-state index is 0.517. The molecule has 1 N–H and O–H groups in total. The Balaban J connectivity index is 2.16. The number of carbonyl (C=O) groups is 1. The lowest BCUT2D eigenvalue weighted by molar-refractivity contribution is -0.153. The van der Waals surface area contributed by atoms with Crippen molar-refractivity contribution in [3.63, 3.8) is 0 Å². The highest BCUT2D eigenvalue weighted by molar-refractivity contribution is 5.79. The van der Waals surface area contributed by atoms with Gasteiger partial charge in [-0.1, -0.05) is 39.0 Å². The first kappa shape index (κ1) is 12.9. The molecule has 0 aromatic carbocycles. The Morgan fingerprint density at radius 3 is 2.24 bits per heavy atom. The number of aliphatic carboxylic acids is 1. The van der Waals surface area contributed by atoms with E-state index in [1.807, 2.05) is 0 Å². The van der Waals surface area contributed by atoms with Crippen molar-refractivity contribution in [2.75, 3.05) is 6.54 Å². The minimum atomic E-state index is -0.581. The molecular weight excluding hydrogens is 214 g/mol. The number of hydrogen-bond acceptors (Lipinski definition) is 2. The molecule has 0 aromatic heterocycles. The van der Waals surface area contributed by atoms with Gasteiger partial charge in [-0.3, -0.25) is 9.69 Å². The molecule has 3 nitrogen and oxygen atoms in total. The summed E-state index contributed by atoms with van der Waals surface area (Å²) in [6, 6.07) is 0.517. The van der Waals surface area contributed by atoms with E-state index in [1.165, 1.54) is 32.1 Å². The van der Waals surface area contributed by atoms with Crippen LogP contribution in [-0.2, 0) is 4.79 Å². The van der Waals surface area contributed by atoms with Gasteiger partial charge in [-0.2, -0.15) is 0 Å². The fourth-order valence-corrected chi connectivity index (χ4v) is 3.89. The Morgan fingerprint density at radius 2 is 1.76 bits per heavy atom. The van der Waals surface area contributed by atoms with Crippen molar-refractivity contribution >= 4 is 5.97 Å². The maximum atomic E-state index is 11.7. The average Bonchev–Trinajstić information content (AvgIpc) is 2.82. The summed E-state index contributed by atoms with van der Waals surface area (Å²) in [5.74, 6) is -0.581. The zero-order valence-corrected chi connectivity index (χ0v) is 11.0. The van der Waals surface area contributed by atoms with Crippen LogP contribution in [0.1, 0.15) is 64.7 Å². The smallest absolute Gasteiger partial charge is 0.324 e. The van der Waals surface area contributed by atoms with Gasteiger partial charge in [0.25, 0.3) is 0 Å². The fourth-order valence-electron chi connectivity index (χ4n) is 3.89. The molecule has 0 amide bonds. The summed E-state index contributed by atoms with van der Waals surface area (Å²) in [7, 11) is 0. The third-order valence-corrected chi connectivity index (χ3v) is 4.73. The minimum Gasteiger partial charge on any atom is -0.480 e. The molecule has 0 unspecified atom stereocenters. The quantitative estimate of drug-likeness (QED) is 0.819. The molecule has 0 atom stereocenters. The second-order valence-electron chi connectivity index (χ2n) is 5.62. The van der Waals surface area contributed by atoms with E-state index in [9.17, 15) is 9.90 Å². The predicted molar refractivity (Wildman–Crippen MR) is 68.1 cm³/mol. The van der Waals surface area contributed by atoms with E-state index in [4.69, 9.17) is 0 Å². The molecule has 2 saturated carbocycles. The van der Waals surface area contributed by atoms with Gasteiger partial charge < -0.3 is 5.11 Å². The number of likely N-dealkylation sites (N-methyl/N-ethyl adjacent to an activating group) is 1. The highest BCUT2D eigenvalue weighted by Crippen LogP contribution is 2.39. The molecule has 0 heterocycles. The van der Waals surface area contributed by atoms with Crippen LogP contribution in [0.25, 0.3) is 0 Å². The standard InChI is InChI=1S/C14H25NO2/c1-2-15(12-8-4-3-5-9-12)14(13(16)17)10-6-7-11-14/h12H,2-11H2,1H3,(H,16,17). The van der Waals surface area contributed by atoms with Crippen LogP contribution in [0.2, 0.25) is 0 Å². The molecule has 98 valence electrons. The highest BCUT2D eigenvalue weighted by atomic mass is 16.4. The zero-order valence-electron chi connectivity index (χ0n) is 11.0. The molecule has 2 aliphatic carbocycles. The summed E-state index contributed by atoms with van der Waals surface area (Å²) in [4.78, 5) is 14.0. The summed E-state index contributed by atoms with van der Waals surface area (Å²) in [6.45, 7) is 3.01. The van der Waals surface area contributed by atoms with Crippen LogP contribution in [0.5, 0.6) is 0 Å². The van der Waals surface area contributed by atoms with Crippen molar-refractivity contribution in [1.82, 2.24) is 4.90 Å². The van der Waals surface area contributed by atoms with Gasteiger partial charge >= 0.3 is 5.97 Å². The molecule has 2 fully saturated rings. The van der Waals surface area contributed by atoms with Crippen LogP contribution < -0.4 is 0 Å². The number of carboxylic acid groups (broad SMARTS) is 1. The van der Waals surface area contributed by atoms with E-state index in [0.29, 0.717) is 6.04 Å². The van der Waals surface area contributed by atoms with Gasteiger partial charge in [-0.15, -0.1) is 0 Å². The summed E-state index contributed by atoms with van der Waals surface area (Å²) < 4.78 is 0. The largest absolute Gasteiger partial charge is 0.480 e. The summed E-state index contributed by atoms with van der Waals surface area (Å²) in [5, 5.41) is 9.65. The molecule has 3 heteroatoms. The van der Waals surface area contributed by atoms with E-state index < -0.39 is 11.5 Å². The molecule has 0 saturated heterocycles. The molecular formula is C14H25NO2. The van der Waals surface area contributed by atoms with Crippen LogP contribution in [0.3, 0.4) is 0 Å². The molecule has 0 radical (unpaired) electrons. The molecule has 2 aliphatic rings. The lowest BCUT2D eigenvalue weighted by atomic mass is 9.87. The van der Waals surface area contributed by atoms with E-state index in [2.05, 4.69) is 11.8 Å². The molecule has 2 rings (SSSR count). The molecule has 0 aliphatic heterocycles. The molecule has 0 aromatic rings. The first-order chi connectivity index (χ1) is 8.20. The Morgan fingerprint density at radius 1 is 1.18 bits per heavy atom. The van der Waals surface area contributed by atoms with E-state index in [0.717, 1.165) is 32.2 Å². The van der Waals surface area contributed by atoms with Crippen LogP contribution in [-0.4, -0.2) is 34.1 Å². The van der Waals surface area contributed by atoms with E-state index in [1.54, 1.807) is 0 Å². The zero-order chi connectivity index (χ0) is 12.3. The Hall–Kier alpha value is -0.570. The average molecular weight is 239 g/mol. The van der Waals surface area contributed by atoms with Crippen molar-refractivity contribution in [2.24, 2.45) is 0 Å². The number of nitrogens with zero attached hydrogens (tertiary/aromatic N) is 1. The first-order valence-electron chi connectivity index (χ1n) is 7.21. The van der Waals surface area contributed by atoms with Gasteiger partial charge in [0.1, 0.15) is 5.54 Å². The highest BCUT2D eigenvalue weighted by Gasteiger charge is 2.48. The van der Waals surface area contributed by atoms with Gasteiger partial charge in [0, 0.05) is 6.04 Å². The number of carboxylic acids is 1. The van der Waals surface area contributed by atoms with Crippen LogP contribution in [0.15, 0.2) is 0 Å². The summed E-state index contributed by atoms with van der Waals surface area (Å²) in [6.07, 6.45) is 10.1. The fraction of sp³-hybridized carbons (Fsp3) is 0.929. The van der Waals surface area contributed by atoms with Crippen molar-refractivity contribution in [3.8, 4) is 0 Å². The van der Waals surface area contributed by atoms with Gasteiger partial charge in [-0.25, -0.2) is 0 Å². The van der Waals surface area contributed by atoms with Gasteiger partial charge in [0.2, 0.25) is 0 Å². The number of rotatable bonds is 4. The van der Waals surface area contributed by atoms with Crippen molar-refractivity contribution in [2.45, 2.75) is 76.3 Å². The van der Waals surface area contributed by atoms with Crippen molar-refractivity contribution in [1.29, 1.82) is 0 Å². The summed E-state index contributed by atoms with van der Waals surface area (Å²) in [5.41, 5.74) is -0.531. The third kappa shape index (κ3) is 2.35.